The van der Waals surface area contributed by atoms with Gasteiger partial charge in [0.25, 0.3) is 0 Å². The topological polar surface area (TPSA) is 53.7 Å². The van der Waals surface area contributed by atoms with Gasteiger partial charge in [0.2, 0.25) is 0 Å². The van der Waals surface area contributed by atoms with E-state index in [2.05, 4.69) is 48.0 Å². The van der Waals surface area contributed by atoms with Crippen LogP contribution >= 0.6 is 0 Å². The Labute approximate surface area is 141 Å². The lowest BCUT2D eigenvalue weighted by Gasteiger charge is -2.31. The molecule has 2 aromatic heterocycles. The quantitative estimate of drug-likeness (QED) is 0.788. The molecule has 0 saturated carbocycles. The van der Waals surface area contributed by atoms with Crippen molar-refractivity contribution in [1.82, 2.24) is 14.6 Å². The van der Waals surface area contributed by atoms with Gasteiger partial charge < -0.3 is 10.0 Å². The lowest BCUT2D eigenvalue weighted by molar-refractivity contribution is 0.154. The molecule has 4 rings (SSSR count). The van der Waals surface area contributed by atoms with Gasteiger partial charge in [0, 0.05) is 31.0 Å². The monoisotopic (exact) mass is 322 g/mol. The molecule has 1 aliphatic rings. The molecule has 24 heavy (non-hydrogen) atoms. The molecule has 0 bridgehead atoms. The van der Waals surface area contributed by atoms with E-state index >= 15 is 0 Å². The molecular formula is C19H22N4O. The average Bonchev–Trinajstić information content (AvgIpc) is 2.98. The summed E-state index contributed by atoms with van der Waals surface area (Å²) in [5, 5.41) is 14.7. The van der Waals surface area contributed by atoms with Crippen molar-refractivity contribution in [3.05, 3.63) is 47.8 Å². The second-order valence-electron chi connectivity index (χ2n) is 6.67. The van der Waals surface area contributed by atoms with Gasteiger partial charge in [-0.3, -0.25) is 0 Å². The summed E-state index contributed by atoms with van der Waals surface area (Å²) < 4.78 is 1.89. The number of hydrogen-bond acceptors (Lipinski definition) is 4. The highest BCUT2D eigenvalue weighted by Gasteiger charge is 2.21. The van der Waals surface area contributed by atoms with Crippen molar-refractivity contribution in [2.45, 2.75) is 32.8 Å². The number of β-amino-alcohol motifs (C(OH)–C–C–N with tert-alkyl or cyclic N) is 1. The van der Waals surface area contributed by atoms with Crippen molar-refractivity contribution in [2.24, 2.45) is 0 Å². The standard InChI is InChI=1S/C19H22N4O/c1-13-5-6-16(14(2)10-13)17-11-18-19(20-7-9-23(18)21-17)22-8-3-4-15(24)12-22/h5-7,9-11,15,24H,3-4,8,12H2,1-2H3. The number of benzene rings is 1. The summed E-state index contributed by atoms with van der Waals surface area (Å²) in [5.74, 6) is 0.903. The molecule has 1 aliphatic heterocycles. The van der Waals surface area contributed by atoms with Crippen LogP contribution in [0.1, 0.15) is 24.0 Å². The van der Waals surface area contributed by atoms with Crippen LogP contribution in [0, 0.1) is 13.8 Å². The number of aryl methyl sites for hydroxylation is 2. The highest BCUT2D eigenvalue weighted by atomic mass is 16.3. The first-order chi connectivity index (χ1) is 11.6. The Kier molecular flexibility index (Phi) is 3.73. The van der Waals surface area contributed by atoms with E-state index in [0.29, 0.717) is 6.54 Å². The Bertz CT molecular complexity index is 886. The molecule has 0 amide bonds. The van der Waals surface area contributed by atoms with Gasteiger partial charge in [-0.1, -0.05) is 23.8 Å². The highest BCUT2D eigenvalue weighted by Crippen LogP contribution is 2.28. The molecule has 1 saturated heterocycles. The Morgan fingerprint density at radius 1 is 1.21 bits per heavy atom. The summed E-state index contributed by atoms with van der Waals surface area (Å²) in [6, 6.07) is 8.52. The number of anilines is 1. The Balaban J connectivity index is 1.79. The molecule has 5 nitrogen and oxygen atoms in total. The van der Waals surface area contributed by atoms with Crippen molar-refractivity contribution < 1.29 is 5.11 Å². The molecule has 1 aromatic carbocycles. The minimum atomic E-state index is -0.275. The zero-order chi connectivity index (χ0) is 16.7. The molecule has 1 N–H and O–H groups in total. The molecule has 5 heteroatoms. The lowest BCUT2D eigenvalue weighted by Crippen LogP contribution is -2.38. The number of aliphatic hydroxyl groups excluding tert-OH is 1. The molecule has 1 unspecified atom stereocenters. The second kappa shape index (κ2) is 5.91. The summed E-state index contributed by atoms with van der Waals surface area (Å²) in [6.07, 6.45) is 5.24. The maximum absolute atomic E-state index is 9.97. The molecule has 0 radical (unpaired) electrons. The highest BCUT2D eigenvalue weighted by molar-refractivity contribution is 5.76. The third kappa shape index (κ3) is 2.65. The SMILES string of the molecule is Cc1ccc(-c2cc3c(N4CCCC(O)C4)nccn3n2)c(C)c1. The van der Waals surface area contributed by atoms with E-state index in [9.17, 15) is 5.11 Å². The maximum Gasteiger partial charge on any atom is 0.154 e. The van der Waals surface area contributed by atoms with E-state index in [-0.39, 0.29) is 6.10 Å². The van der Waals surface area contributed by atoms with Crippen molar-refractivity contribution in [1.29, 1.82) is 0 Å². The van der Waals surface area contributed by atoms with Gasteiger partial charge in [0.1, 0.15) is 5.52 Å². The Hall–Kier alpha value is -2.40. The zero-order valence-corrected chi connectivity index (χ0v) is 14.1. The van der Waals surface area contributed by atoms with Crippen LogP contribution in [0.2, 0.25) is 0 Å². The molecule has 0 spiro atoms. The minimum Gasteiger partial charge on any atom is -0.391 e. The van der Waals surface area contributed by atoms with Crippen molar-refractivity contribution >= 4 is 11.3 Å². The Morgan fingerprint density at radius 2 is 2.08 bits per heavy atom. The van der Waals surface area contributed by atoms with Gasteiger partial charge in [-0.05, 0) is 38.3 Å². The molecule has 3 aromatic rings. The fourth-order valence-electron chi connectivity index (χ4n) is 3.53. The van der Waals surface area contributed by atoms with E-state index < -0.39 is 0 Å². The van der Waals surface area contributed by atoms with Crippen LogP contribution in [0.15, 0.2) is 36.7 Å². The third-order valence-corrected chi connectivity index (χ3v) is 4.72. The van der Waals surface area contributed by atoms with Gasteiger partial charge in [0.05, 0.1) is 11.8 Å². The number of piperidine rings is 1. The summed E-state index contributed by atoms with van der Waals surface area (Å²) >= 11 is 0. The minimum absolute atomic E-state index is 0.275. The maximum atomic E-state index is 9.97. The predicted molar refractivity (Wildman–Crippen MR) is 95.4 cm³/mol. The third-order valence-electron chi connectivity index (χ3n) is 4.72. The number of hydrogen-bond donors (Lipinski definition) is 1. The van der Waals surface area contributed by atoms with Crippen LogP contribution < -0.4 is 4.90 Å². The van der Waals surface area contributed by atoms with Crippen LogP contribution in [0.3, 0.4) is 0 Å². The largest absolute Gasteiger partial charge is 0.391 e. The summed E-state index contributed by atoms with van der Waals surface area (Å²) in [6.45, 7) is 5.78. The van der Waals surface area contributed by atoms with Crippen molar-refractivity contribution in [3.63, 3.8) is 0 Å². The van der Waals surface area contributed by atoms with Crippen LogP contribution in [-0.2, 0) is 0 Å². The number of nitrogens with zero attached hydrogens (tertiary/aromatic N) is 4. The van der Waals surface area contributed by atoms with Crippen molar-refractivity contribution in [2.75, 3.05) is 18.0 Å². The van der Waals surface area contributed by atoms with Gasteiger partial charge >= 0.3 is 0 Å². The van der Waals surface area contributed by atoms with Crippen LogP contribution in [0.4, 0.5) is 5.82 Å². The van der Waals surface area contributed by atoms with E-state index in [0.717, 1.165) is 42.0 Å². The lowest BCUT2D eigenvalue weighted by atomic mass is 10.0. The molecule has 1 fully saturated rings. The number of aliphatic hydroxyl groups is 1. The molecule has 1 atom stereocenters. The number of fused-ring (bicyclic) bond motifs is 1. The van der Waals surface area contributed by atoms with Crippen LogP contribution in [-0.4, -0.2) is 38.9 Å². The first-order valence-electron chi connectivity index (χ1n) is 8.47. The molecule has 3 heterocycles. The van der Waals surface area contributed by atoms with E-state index in [1.165, 1.54) is 11.1 Å². The molecule has 0 aliphatic carbocycles. The van der Waals surface area contributed by atoms with Crippen LogP contribution in [0.25, 0.3) is 16.8 Å². The van der Waals surface area contributed by atoms with Gasteiger partial charge in [-0.2, -0.15) is 5.10 Å². The normalized spacial score (nSPS) is 18.3. The smallest absolute Gasteiger partial charge is 0.154 e. The number of rotatable bonds is 2. The second-order valence-corrected chi connectivity index (χ2v) is 6.67. The van der Waals surface area contributed by atoms with Gasteiger partial charge in [0.15, 0.2) is 5.82 Å². The van der Waals surface area contributed by atoms with Gasteiger partial charge in [-0.15, -0.1) is 0 Å². The Morgan fingerprint density at radius 3 is 2.88 bits per heavy atom. The van der Waals surface area contributed by atoms with Gasteiger partial charge in [-0.25, -0.2) is 9.50 Å². The summed E-state index contributed by atoms with van der Waals surface area (Å²) in [4.78, 5) is 6.73. The summed E-state index contributed by atoms with van der Waals surface area (Å²) in [5.41, 5.74) is 5.57. The van der Waals surface area contributed by atoms with Crippen molar-refractivity contribution in [3.8, 4) is 11.3 Å². The average molecular weight is 322 g/mol. The van der Waals surface area contributed by atoms with E-state index in [1.807, 2.05) is 10.7 Å². The first-order valence-corrected chi connectivity index (χ1v) is 8.47. The summed E-state index contributed by atoms with van der Waals surface area (Å²) in [7, 11) is 0. The number of aromatic nitrogens is 3. The van der Waals surface area contributed by atoms with E-state index in [1.54, 1.807) is 6.20 Å². The first kappa shape index (κ1) is 15.1. The predicted octanol–water partition coefficient (Wildman–Crippen LogP) is 2.97. The molecular weight excluding hydrogens is 300 g/mol. The van der Waals surface area contributed by atoms with Crippen LogP contribution in [0.5, 0.6) is 0 Å². The fourth-order valence-corrected chi connectivity index (χ4v) is 3.53. The molecule has 124 valence electrons. The zero-order valence-electron chi connectivity index (χ0n) is 14.1. The fraction of sp³-hybridized carbons (Fsp3) is 0.368. The van der Waals surface area contributed by atoms with E-state index in [4.69, 9.17) is 5.10 Å².